The molecule has 1 aliphatic carbocycles. The van der Waals surface area contributed by atoms with Crippen LogP contribution in [-0.2, 0) is 17.6 Å². The third-order valence-electron chi connectivity index (χ3n) is 3.02. The number of halogens is 1. The minimum Gasteiger partial charge on any atom is -0.356 e. The Morgan fingerprint density at radius 3 is 2.94 bits per heavy atom. The molecule has 86 valence electrons. The summed E-state index contributed by atoms with van der Waals surface area (Å²) in [4.78, 5) is 11.8. The van der Waals surface area contributed by atoms with E-state index in [0.29, 0.717) is 0 Å². The average Bonchev–Trinajstić information content (AvgIpc) is 2.68. The maximum Gasteiger partial charge on any atom is 0.223 e. The van der Waals surface area contributed by atoms with Crippen LogP contribution in [-0.4, -0.2) is 12.5 Å². The first-order valence-corrected chi connectivity index (χ1v) is 6.55. The molecule has 1 atom stereocenters. The highest BCUT2D eigenvalue weighted by Gasteiger charge is 2.26. The van der Waals surface area contributed by atoms with E-state index in [2.05, 4.69) is 40.3 Å². The van der Waals surface area contributed by atoms with Crippen LogP contribution in [0, 0.1) is 5.92 Å². The zero-order valence-corrected chi connectivity index (χ0v) is 11.0. The Morgan fingerprint density at radius 2 is 2.19 bits per heavy atom. The molecule has 3 heteroatoms. The van der Waals surface area contributed by atoms with Crippen molar-refractivity contribution in [3.63, 3.8) is 0 Å². The third-order valence-corrected chi connectivity index (χ3v) is 3.51. The van der Waals surface area contributed by atoms with Gasteiger partial charge in [0, 0.05) is 16.9 Å². The lowest BCUT2D eigenvalue weighted by Gasteiger charge is -2.08. The largest absolute Gasteiger partial charge is 0.356 e. The van der Waals surface area contributed by atoms with E-state index in [-0.39, 0.29) is 11.8 Å². The molecule has 1 aromatic rings. The summed E-state index contributed by atoms with van der Waals surface area (Å²) in [5.41, 5.74) is 2.63. The molecular formula is C13H16BrNO. The first-order chi connectivity index (χ1) is 7.70. The van der Waals surface area contributed by atoms with Crippen molar-refractivity contribution >= 4 is 21.8 Å². The normalized spacial score (nSPS) is 18.2. The molecule has 0 spiro atoms. The Morgan fingerprint density at radius 1 is 1.44 bits per heavy atom. The highest BCUT2D eigenvalue weighted by Crippen LogP contribution is 2.29. The molecule has 0 bridgehead atoms. The molecule has 1 unspecified atom stereocenters. The minimum absolute atomic E-state index is 0.135. The standard InChI is InChI=1S/C13H16BrNO/c1-2-5-15-13(16)11-6-9-3-4-12(14)8-10(9)7-11/h3-4,8,11H,2,5-7H2,1H3,(H,15,16). The first-order valence-electron chi connectivity index (χ1n) is 5.75. The molecule has 0 saturated heterocycles. The molecule has 16 heavy (non-hydrogen) atoms. The summed E-state index contributed by atoms with van der Waals surface area (Å²) in [6.45, 7) is 2.86. The van der Waals surface area contributed by atoms with Gasteiger partial charge in [0.2, 0.25) is 5.91 Å². The van der Waals surface area contributed by atoms with Gasteiger partial charge in [0.15, 0.2) is 0 Å². The van der Waals surface area contributed by atoms with Crippen LogP contribution in [0.2, 0.25) is 0 Å². The molecule has 1 aliphatic rings. The van der Waals surface area contributed by atoms with Gasteiger partial charge < -0.3 is 5.32 Å². The summed E-state index contributed by atoms with van der Waals surface area (Å²) in [7, 11) is 0. The van der Waals surface area contributed by atoms with Crippen LogP contribution in [0.3, 0.4) is 0 Å². The maximum atomic E-state index is 11.8. The Balaban J connectivity index is 2.02. The van der Waals surface area contributed by atoms with Gasteiger partial charge in [-0.05, 0) is 42.5 Å². The van der Waals surface area contributed by atoms with E-state index in [4.69, 9.17) is 0 Å². The van der Waals surface area contributed by atoms with Crippen LogP contribution in [0.1, 0.15) is 24.5 Å². The molecule has 1 aromatic carbocycles. The topological polar surface area (TPSA) is 29.1 Å². The van der Waals surface area contributed by atoms with Crippen molar-refractivity contribution < 1.29 is 4.79 Å². The summed E-state index contributed by atoms with van der Waals surface area (Å²) in [5.74, 6) is 0.338. The molecule has 0 saturated carbocycles. The number of hydrogen-bond donors (Lipinski definition) is 1. The van der Waals surface area contributed by atoms with Gasteiger partial charge in [-0.2, -0.15) is 0 Å². The molecular weight excluding hydrogens is 266 g/mol. The summed E-state index contributed by atoms with van der Waals surface area (Å²) < 4.78 is 1.10. The van der Waals surface area contributed by atoms with Gasteiger partial charge in [-0.3, -0.25) is 4.79 Å². The molecule has 0 heterocycles. The van der Waals surface area contributed by atoms with Gasteiger partial charge >= 0.3 is 0 Å². The number of nitrogens with one attached hydrogen (secondary N) is 1. The van der Waals surface area contributed by atoms with Crippen molar-refractivity contribution in [3.8, 4) is 0 Å². The van der Waals surface area contributed by atoms with E-state index >= 15 is 0 Å². The minimum atomic E-state index is 0.135. The number of carbonyl (C=O) groups is 1. The highest BCUT2D eigenvalue weighted by molar-refractivity contribution is 9.10. The van der Waals surface area contributed by atoms with E-state index < -0.39 is 0 Å². The first kappa shape index (κ1) is 11.6. The fourth-order valence-electron chi connectivity index (χ4n) is 2.16. The molecule has 0 aliphatic heterocycles. The fraction of sp³-hybridized carbons (Fsp3) is 0.462. The molecule has 2 nitrogen and oxygen atoms in total. The lowest BCUT2D eigenvalue weighted by Crippen LogP contribution is -2.31. The lowest BCUT2D eigenvalue weighted by atomic mass is 10.1. The number of benzene rings is 1. The van der Waals surface area contributed by atoms with Gasteiger partial charge in [-0.1, -0.05) is 28.9 Å². The molecule has 0 fully saturated rings. The number of carbonyl (C=O) groups excluding carboxylic acids is 1. The monoisotopic (exact) mass is 281 g/mol. The average molecular weight is 282 g/mol. The Kier molecular flexibility index (Phi) is 3.64. The predicted molar refractivity (Wildman–Crippen MR) is 68.3 cm³/mol. The van der Waals surface area contributed by atoms with E-state index in [1.165, 1.54) is 11.1 Å². The van der Waals surface area contributed by atoms with Crippen LogP contribution in [0.15, 0.2) is 22.7 Å². The van der Waals surface area contributed by atoms with Crippen molar-refractivity contribution in [2.75, 3.05) is 6.54 Å². The number of hydrogen-bond acceptors (Lipinski definition) is 1. The zero-order valence-electron chi connectivity index (χ0n) is 9.42. The number of amides is 1. The maximum absolute atomic E-state index is 11.8. The summed E-state index contributed by atoms with van der Waals surface area (Å²) >= 11 is 3.46. The van der Waals surface area contributed by atoms with Crippen LogP contribution in [0.25, 0.3) is 0 Å². The highest BCUT2D eigenvalue weighted by atomic mass is 79.9. The SMILES string of the molecule is CCCNC(=O)C1Cc2ccc(Br)cc2C1. The molecule has 0 aromatic heterocycles. The van der Waals surface area contributed by atoms with Gasteiger partial charge in [0.25, 0.3) is 0 Å². The number of rotatable bonds is 3. The van der Waals surface area contributed by atoms with E-state index in [1.807, 2.05) is 6.07 Å². The molecule has 1 N–H and O–H groups in total. The smallest absolute Gasteiger partial charge is 0.223 e. The van der Waals surface area contributed by atoms with E-state index in [9.17, 15) is 4.79 Å². The zero-order chi connectivity index (χ0) is 11.5. The van der Waals surface area contributed by atoms with Crippen molar-refractivity contribution in [2.24, 2.45) is 5.92 Å². The van der Waals surface area contributed by atoms with Crippen molar-refractivity contribution in [3.05, 3.63) is 33.8 Å². The molecule has 1 amide bonds. The lowest BCUT2D eigenvalue weighted by molar-refractivity contribution is -0.124. The van der Waals surface area contributed by atoms with Gasteiger partial charge in [-0.15, -0.1) is 0 Å². The Hall–Kier alpha value is -0.830. The second-order valence-electron chi connectivity index (χ2n) is 4.31. The summed E-state index contributed by atoms with van der Waals surface area (Å²) in [5, 5.41) is 2.97. The van der Waals surface area contributed by atoms with Crippen molar-refractivity contribution in [1.82, 2.24) is 5.32 Å². The van der Waals surface area contributed by atoms with Crippen LogP contribution in [0.5, 0.6) is 0 Å². The van der Waals surface area contributed by atoms with Crippen LogP contribution < -0.4 is 5.32 Å². The quantitative estimate of drug-likeness (QED) is 0.907. The summed E-state index contributed by atoms with van der Waals surface area (Å²) in [6.07, 6.45) is 2.76. The van der Waals surface area contributed by atoms with Gasteiger partial charge in [0.05, 0.1) is 0 Å². The third kappa shape index (κ3) is 2.46. The molecule has 2 rings (SSSR count). The van der Waals surface area contributed by atoms with Gasteiger partial charge in [-0.25, -0.2) is 0 Å². The summed E-state index contributed by atoms with van der Waals surface area (Å²) in [6, 6.07) is 6.29. The van der Waals surface area contributed by atoms with Gasteiger partial charge in [0.1, 0.15) is 0 Å². The second-order valence-corrected chi connectivity index (χ2v) is 5.22. The Bertz CT molecular complexity index is 403. The van der Waals surface area contributed by atoms with Crippen molar-refractivity contribution in [1.29, 1.82) is 0 Å². The van der Waals surface area contributed by atoms with E-state index in [0.717, 1.165) is 30.3 Å². The molecule has 0 radical (unpaired) electrons. The van der Waals surface area contributed by atoms with Crippen molar-refractivity contribution in [2.45, 2.75) is 26.2 Å². The van der Waals surface area contributed by atoms with Crippen LogP contribution in [0.4, 0.5) is 0 Å². The fourth-order valence-corrected chi connectivity index (χ4v) is 2.57. The second kappa shape index (κ2) is 5.00. The Labute approximate surface area is 105 Å². The van der Waals surface area contributed by atoms with E-state index in [1.54, 1.807) is 0 Å². The number of fused-ring (bicyclic) bond motifs is 1. The predicted octanol–water partition coefficient (Wildman–Crippen LogP) is 2.69. The van der Waals surface area contributed by atoms with Crippen LogP contribution >= 0.6 is 15.9 Å².